The predicted octanol–water partition coefficient (Wildman–Crippen LogP) is 3.87. The number of amides is 2. The number of nitrogens with one attached hydrogen (secondary N) is 3. The largest absolute Gasteiger partial charge is 0.489 e. The number of ether oxygens (including phenoxy) is 1. The second-order valence-corrected chi connectivity index (χ2v) is 6.04. The molecule has 6 nitrogen and oxygen atoms in total. The Morgan fingerprint density at radius 1 is 0.923 bits per heavy atom. The summed E-state index contributed by atoms with van der Waals surface area (Å²) in [5.74, 6) is 0.495. The number of hydrogen-bond donors (Lipinski definition) is 3. The molecular formula is C20H25N3O3. The minimum absolute atomic E-state index is 0.0479. The van der Waals surface area contributed by atoms with Gasteiger partial charge in [0.1, 0.15) is 5.75 Å². The van der Waals surface area contributed by atoms with E-state index in [0.29, 0.717) is 23.5 Å². The van der Waals surface area contributed by atoms with Crippen LogP contribution in [0.3, 0.4) is 0 Å². The number of benzene rings is 2. The van der Waals surface area contributed by atoms with E-state index in [1.54, 1.807) is 31.2 Å². The van der Waals surface area contributed by atoms with E-state index in [0.717, 1.165) is 5.69 Å². The van der Waals surface area contributed by atoms with Crippen LogP contribution in [0.2, 0.25) is 0 Å². The maximum atomic E-state index is 12.1. The first-order valence-electron chi connectivity index (χ1n) is 8.67. The molecule has 0 unspecified atom stereocenters. The minimum atomic E-state index is -0.172. The third-order valence-corrected chi connectivity index (χ3v) is 3.46. The highest BCUT2D eigenvalue weighted by Crippen LogP contribution is 2.24. The van der Waals surface area contributed by atoms with E-state index in [1.807, 2.05) is 38.1 Å². The lowest BCUT2D eigenvalue weighted by Crippen LogP contribution is -2.22. The zero-order valence-corrected chi connectivity index (χ0v) is 15.3. The van der Waals surface area contributed by atoms with E-state index in [-0.39, 0.29) is 24.5 Å². The van der Waals surface area contributed by atoms with Gasteiger partial charge in [-0.25, -0.2) is 0 Å². The van der Waals surface area contributed by atoms with Crippen LogP contribution < -0.4 is 20.7 Å². The highest BCUT2D eigenvalue weighted by molar-refractivity contribution is 5.95. The summed E-state index contributed by atoms with van der Waals surface area (Å²) in [5.41, 5.74) is 2.14. The molecule has 2 amide bonds. The number of anilines is 3. The molecule has 6 heteroatoms. The van der Waals surface area contributed by atoms with Crippen LogP contribution in [-0.2, 0) is 9.59 Å². The van der Waals surface area contributed by atoms with Gasteiger partial charge < -0.3 is 20.7 Å². The second kappa shape index (κ2) is 9.46. The van der Waals surface area contributed by atoms with Gasteiger partial charge in [0.25, 0.3) is 0 Å². The fourth-order valence-electron chi connectivity index (χ4n) is 2.24. The molecule has 0 aliphatic heterocycles. The standard InChI is InChI=1S/C20H25N3O3/c1-4-19(24)22-15-9-11-16(12-10-15)23-20(25)13-21-17-7-5-6-8-18(17)26-14(2)3/h5-12,14,21H,4,13H2,1-3H3,(H,22,24)(H,23,25). The summed E-state index contributed by atoms with van der Waals surface area (Å²) in [4.78, 5) is 23.5. The fraction of sp³-hybridized carbons (Fsp3) is 0.300. The van der Waals surface area contributed by atoms with Crippen LogP contribution in [-0.4, -0.2) is 24.5 Å². The molecule has 3 N–H and O–H groups in total. The van der Waals surface area contributed by atoms with Crippen molar-refractivity contribution in [1.29, 1.82) is 0 Å². The van der Waals surface area contributed by atoms with E-state index in [2.05, 4.69) is 16.0 Å². The zero-order valence-electron chi connectivity index (χ0n) is 15.3. The molecule has 0 aliphatic rings. The smallest absolute Gasteiger partial charge is 0.243 e. The van der Waals surface area contributed by atoms with E-state index < -0.39 is 0 Å². The van der Waals surface area contributed by atoms with Gasteiger partial charge in [-0.2, -0.15) is 0 Å². The molecule has 0 heterocycles. The SMILES string of the molecule is CCC(=O)Nc1ccc(NC(=O)CNc2ccccc2OC(C)C)cc1. The first-order chi connectivity index (χ1) is 12.5. The van der Waals surface area contributed by atoms with Crippen LogP contribution in [0.15, 0.2) is 48.5 Å². The molecule has 26 heavy (non-hydrogen) atoms. The van der Waals surface area contributed by atoms with Crippen LogP contribution in [0.4, 0.5) is 17.1 Å². The summed E-state index contributed by atoms with van der Waals surface area (Å²) < 4.78 is 5.72. The Kier molecular flexibility index (Phi) is 7.02. The van der Waals surface area contributed by atoms with Crippen molar-refractivity contribution in [1.82, 2.24) is 0 Å². The number of para-hydroxylation sites is 2. The highest BCUT2D eigenvalue weighted by atomic mass is 16.5. The maximum Gasteiger partial charge on any atom is 0.243 e. The zero-order chi connectivity index (χ0) is 18.9. The number of carbonyl (C=O) groups excluding carboxylic acids is 2. The quantitative estimate of drug-likeness (QED) is 0.671. The number of rotatable bonds is 8. The van der Waals surface area contributed by atoms with Crippen molar-refractivity contribution in [3.05, 3.63) is 48.5 Å². The van der Waals surface area contributed by atoms with E-state index in [1.165, 1.54) is 0 Å². The Bertz CT molecular complexity index is 742. The molecule has 0 saturated heterocycles. The molecule has 0 aromatic heterocycles. The lowest BCUT2D eigenvalue weighted by molar-refractivity contribution is -0.116. The lowest BCUT2D eigenvalue weighted by Gasteiger charge is -2.15. The van der Waals surface area contributed by atoms with Crippen molar-refractivity contribution in [2.45, 2.75) is 33.3 Å². The van der Waals surface area contributed by atoms with Gasteiger partial charge >= 0.3 is 0 Å². The fourth-order valence-corrected chi connectivity index (χ4v) is 2.24. The molecular weight excluding hydrogens is 330 g/mol. The van der Waals surface area contributed by atoms with Crippen molar-refractivity contribution >= 4 is 28.9 Å². The molecule has 0 aliphatic carbocycles. The van der Waals surface area contributed by atoms with Crippen molar-refractivity contribution in [3.63, 3.8) is 0 Å². The van der Waals surface area contributed by atoms with Crippen LogP contribution >= 0.6 is 0 Å². The maximum absolute atomic E-state index is 12.1. The molecule has 0 fully saturated rings. The first kappa shape index (κ1) is 19.3. The first-order valence-corrected chi connectivity index (χ1v) is 8.67. The van der Waals surface area contributed by atoms with Gasteiger partial charge in [-0.3, -0.25) is 9.59 Å². The van der Waals surface area contributed by atoms with Crippen molar-refractivity contribution < 1.29 is 14.3 Å². The van der Waals surface area contributed by atoms with Crippen molar-refractivity contribution in [2.75, 3.05) is 22.5 Å². The molecule has 0 atom stereocenters. The second-order valence-electron chi connectivity index (χ2n) is 6.04. The van der Waals surface area contributed by atoms with Crippen LogP contribution in [0, 0.1) is 0 Å². The van der Waals surface area contributed by atoms with Gasteiger partial charge in [0.05, 0.1) is 18.3 Å². The van der Waals surface area contributed by atoms with Gasteiger partial charge in [0.2, 0.25) is 11.8 Å². The van der Waals surface area contributed by atoms with Crippen LogP contribution in [0.1, 0.15) is 27.2 Å². The summed E-state index contributed by atoms with van der Waals surface area (Å²) in [7, 11) is 0. The summed E-state index contributed by atoms with van der Waals surface area (Å²) in [6.07, 6.45) is 0.477. The Morgan fingerprint density at radius 2 is 1.50 bits per heavy atom. The van der Waals surface area contributed by atoms with E-state index >= 15 is 0 Å². The Morgan fingerprint density at radius 3 is 2.08 bits per heavy atom. The molecule has 2 rings (SSSR count). The molecule has 138 valence electrons. The highest BCUT2D eigenvalue weighted by Gasteiger charge is 2.07. The van der Waals surface area contributed by atoms with Gasteiger partial charge in [0, 0.05) is 17.8 Å². The average molecular weight is 355 g/mol. The summed E-state index contributed by atoms with van der Waals surface area (Å²) in [6.45, 7) is 5.82. The van der Waals surface area contributed by atoms with Crippen molar-refractivity contribution in [2.24, 2.45) is 0 Å². The topological polar surface area (TPSA) is 79.5 Å². The average Bonchev–Trinajstić information content (AvgIpc) is 2.62. The molecule has 0 radical (unpaired) electrons. The van der Waals surface area contributed by atoms with Gasteiger partial charge in [-0.05, 0) is 50.2 Å². The minimum Gasteiger partial charge on any atom is -0.489 e. The third-order valence-electron chi connectivity index (χ3n) is 3.46. The Balaban J connectivity index is 1.88. The molecule has 2 aromatic rings. The van der Waals surface area contributed by atoms with E-state index in [9.17, 15) is 9.59 Å². The Labute approximate surface area is 153 Å². The third kappa shape index (κ3) is 6.12. The normalized spacial score (nSPS) is 10.3. The monoisotopic (exact) mass is 355 g/mol. The molecule has 0 spiro atoms. The molecule has 0 saturated carbocycles. The van der Waals surface area contributed by atoms with Crippen LogP contribution in [0.5, 0.6) is 5.75 Å². The van der Waals surface area contributed by atoms with E-state index in [4.69, 9.17) is 4.74 Å². The number of hydrogen-bond acceptors (Lipinski definition) is 4. The predicted molar refractivity (Wildman–Crippen MR) is 105 cm³/mol. The Hall–Kier alpha value is -3.02. The van der Waals surface area contributed by atoms with Gasteiger partial charge in [-0.1, -0.05) is 19.1 Å². The molecule has 0 bridgehead atoms. The van der Waals surface area contributed by atoms with Gasteiger partial charge in [-0.15, -0.1) is 0 Å². The molecule has 2 aromatic carbocycles. The lowest BCUT2D eigenvalue weighted by atomic mass is 10.2. The summed E-state index contributed by atoms with van der Waals surface area (Å²) in [5, 5.41) is 8.66. The van der Waals surface area contributed by atoms with Crippen LogP contribution in [0.25, 0.3) is 0 Å². The van der Waals surface area contributed by atoms with Gasteiger partial charge in [0.15, 0.2) is 0 Å². The van der Waals surface area contributed by atoms with Crippen molar-refractivity contribution in [3.8, 4) is 5.75 Å². The summed E-state index contributed by atoms with van der Waals surface area (Å²) >= 11 is 0. The summed E-state index contributed by atoms with van der Waals surface area (Å²) in [6, 6.07) is 14.5. The number of carbonyl (C=O) groups is 2.